The first kappa shape index (κ1) is 12.4. The summed E-state index contributed by atoms with van der Waals surface area (Å²) < 4.78 is 0. The lowest BCUT2D eigenvalue weighted by atomic mass is 10.0. The van der Waals surface area contributed by atoms with Gasteiger partial charge in [0.2, 0.25) is 11.8 Å². The first-order valence-electron chi connectivity index (χ1n) is 6.46. The van der Waals surface area contributed by atoms with Crippen molar-refractivity contribution in [1.29, 1.82) is 0 Å². The molecule has 1 atom stereocenters. The van der Waals surface area contributed by atoms with Gasteiger partial charge in [0.1, 0.15) is 0 Å². The second-order valence-corrected chi connectivity index (χ2v) is 4.95. The fourth-order valence-corrected chi connectivity index (χ4v) is 2.65. The summed E-state index contributed by atoms with van der Waals surface area (Å²) in [5.74, 6) is 0.260. The van der Waals surface area contributed by atoms with Gasteiger partial charge in [-0.25, -0.2) is 0 Å². The van der Waals surface area contributed by atoms with E-state index in [9.17, 15) is 9.59 Å². The maximum atomic E-state index is 12.1. The molecule has 96 valence electrons. The van der Waals surface area contributed by atoms with Crippen LogP contribution < -0.4 is 10.6 Å². The summed E-state index contributed by atoms with van der Waals surface area (Å²) in [7, 11) is 0. The largest absolute Gasteiger partial charge is 0.353 e. The minimum Gasteiger partial charge on any atom is -0.353 e. The summed E-state index contributed by atoms with van der Waals surface area (Å²) in [6.45, 7) is 4.03. The van der Waals surface area contributed by atoms with Crippen LogP contribution in [0.15, 0.2) is 0 Å². The van der Waals surface area contributed by atoms with Gasteiger partial charge in [0.25, 0.3) is 0 Å². The van der Waals surface area contributed by atoms with Crippen molar-refractivity contribution in [2.45, 2.75) is 44.7 Å². The van der Waals surface area contributed by atoms with Crippen LogP contribution in [0.1, 0.15) is 32.6 Å². The Bertz CT molecular complexity index is 292. The molecule has 2 saturated heterocycles. The molecule has 0 bridgehead atoms. The fourth-order valence-electron chi connectivity index (χ4n) is 2.65. The maximum absolute atomic E-state index is 12.1. The van der Waals surface area contributed by atoms with Gasteiger partial charge in [-0.2, -0.15) is 0 Å². The molecule has 2 N–H and O–H groups in total. The monoisotopic (exact) mass is 239 g/mol. The van der Waals surface area contributed by atoms with Gasteiger partial charge in [0.05, 0.1) is 6.04 Å². The first-order chi connectivity index (χ1) is 8.16. The summed E-state index contributed by atoms with van der Waals surface area (Å²) in [5, 5.41) is 6.15. The molecule has 0 radical (unpaired) electrons. The zero-order chi connectivity index (χ0) is 12.3. The van der Waals surface area contributed by atoms with E-state index in [2.05, 4.69) is 10.6 Å². The van der Waals surface area contributed by atoms with E-state index in [0.717, 1.165) is 45.3 Å². The Balaban J connectivity index is 1.78. The standard InChI is InChI=1S/C12H21N3O2/c1-9(16)14-10-4-7-15(8-5-10)12(17)11-3-2-6-13-11/h10-11,13H,2-8H2,1H3,(H,14,16)/t11-/m1/s1. The highest BCUT2D eigenvalue weighted by Gasteiger charge is 2.29. The van der Waals surface area contributed by atoms with Gasteiger partial charge in [-0.05, 0) is 32.2 Å². The molecular weight excluding hydrogens is 218 g/mol. The number of amides is 2. The number of nitrogens with zero attached hydrogens (tertiary/aromatic N) is 1. The van der Waals surface area contributed by atoms with Crippen molar-refractivity contribution >= 4 is 11.8 Å². The quantitative estimate of drug-likeness (QED) is 0.705. The van der Waals surface area contributed by atoms with E-state index in [1.165, 1.54) is 0 Å². The number of hydrogen-bond donors (Lipinski definition) is 2. The Hall–Kier alpha value is -1.10. The highest BCUT2D eigenvalue weighted by Crippen LogP contribution is 2.14. The highest BCUT2D eigenvalue weighted by molar-refractivity contribution is 5.82. The molecule has 2 rings (SSSR count). The van der Waals surface area contributed by atoms with Crippen molar-refractivity contribution in [1.82, 2.24) is 15.5 Å². The van der Waals surface area contributed by atoms with Gasteiger partial charge < -0.3 is 15.5 Å². The third kappa shape index (κ3) is 3.19. The second-order valence-electron chi connectivity index (χ2n) is 4.95. The molecule has 2 amide bonds. The summed E-state index contributed by atoms with van der Waals surface area (Å²) in [5.41, 5.74) is 0. The minimum atomic E-state index is 0.0206. The van der Waals surface area contributed by atoms with Crippen molar-refractivity contribution in [3.63, 3.8) is 0 Å². The molecule has 2 fully saturated rings. The Kier molecular flexibility index (Phi) is 3.99. The molecule has 0 aromatic rings. The van der Waals surface area contributed by atoms with Gasteiger partial charge in [0, 0.05) is 26.1 Å². The van der Waals surface area contributed by atoms with Crippen molar-refractivity contribution in [2.24, 2.45) is 0 Å². The fraction of sp³-hybridized carbons (Fsp3) is 0.833. The number of piperidine rings is 1. The zero-order valence-corrected chi connectivity index (χ0v) is 10.4. The predicted molar refractivity (Wildman–Crippen MR) is 64.4 cm³/mol. The Morgan fingerprint density at radius 2 is 1.94 bits per heavy atom. The van der Waals surface area contributed by atoms with E-state index in [1.807, 2.05) is 4.90 Å². The first-order valence-corrected chi connectivity index (χ1v) is 6.46. The van der Waals surface area contributed by atoms with E-state index < -0.39 is 0 Å². The van der Waals surface area contributed by atoms with Gasteiger partial charge in [0.15, 0.2) is 0 Å². The smallest absolute Gasteiger partial charge is 0.239 e. The predicted octanol–water partition coefficient (Wildman–Crippen LogP) is -0.134. The second kappa shape index (κ2) is 5.49. The van der Waals surface area contributed by atoms with Crippen molar-refractivity contribution in [3.05, 3.63) is 0 Å². The lowest BCUT2D eigenvalue weighted by Crippen LogP contribution is -2.50. The van der Waals surface area contributed by atoms with Crippen LogP contribution in [0.4, 0.5) is 0 Å². The summed E-state index contributed by atoms with van der Waals surface area (Å²) in [6, 6.07) is 0.278. The van der Waals surface area contributed by atoms with Crippen molar-refractivity contribution in [3.8, 4) is 0 Å². The number of rotatable bonds is 2. The number of hydrogen-bond acceptors (Lipinski definition) is 3. The minimum absolute atomic E-state index is 0.0206. The van der Waals surface area contributed by atoms with Gasteiger partial charge in [-0.1, -0.05) is 0 Å². The summed E-state index contributed by atoms with van der Waals surface area (Å²) in [6.07, 6.45) is 3.80. The van der Waals surface area contributed by atoms with Crippen LogP contribution in [0, 0.1) is 0 Å². The van der Waals surface area contributed by atoms with Crippen LogP contribution in [0.25, 0.3) is 0 Å². The summed E-state index contributed by atoms with van der Waals surface area (Å²) in [4.78, 5) is 25.0. The molecule has 2 aliphatic heterocycles. The molecule has 0 aliphatic carbocycles. The third-order valence-corrected chi connectivity index (χ3v) is 3.57. The molecule has 2 heterocycles. The highest BCUT2D eigenvalue weighted by atomic mass is 16.2. The number of carbonyl (C=O) groups excluding carboxylic acids is 2. The molecule has 0 aromatic heterocycles. The van der Waals surface area contributed by atoms with Crippen molar-refractivity contribution in [2.75, 3.05) is 19.6 Å². The lowest BCUT2D eigenvalue weighted by molar-refractivity contribution is -0.134. The lowest BCUT2D eigenvalue weighted by Gasteiger charge is -2.33. The average molecular weight is 239 g/mol. The van der Waals surface area contributed by atoms with E-state index in [0.29, 0.717) is 0 Å². The molecule has 0 spiro atoms. The van der Waals surface area contributed by atoms with E-state index >= 15 is 0 Å². The number of nitrogens with one attached hydrogen (secondary N) is 2. The van der Waals surface area contributed by atoms with Crippen LogP contribution in [0.2, 0.25) is 0 Å². The molecule has 5 heteroatoms. The summed E-state index contributed by atoms with van der Waals surface area (Å²) >= 11 is 0. The number of likely N-dealkylation sites (tertiary alicyclic amines) is 1. The molecule has 2 aliphatic rings. The molecule has 0 unspecified atom stereocenters. The zero-order valence-electron chi connectivity index (χ0n) is 10.4. The van der Waals surface area contributed by atoms with Gasteiger partial charge in [-0.15, -0.1) is 0 Å². The Morgan fingerprint density at radius 3 is 2.47 bits per heavy atom. The van der Waals surface area contributed by atoms with Crippen LogP contribution in [0.5, 0.6) is 0 Å². The Morgan fingerprint density at radius 1 is 1.24 bits per heavy atom. The van der Waals surface area contributed by atoms with E-state index in [-0.39, 0.29) is 23.9 Å². The van der Waals surface area contributed by atoms with Crippen LogP contribution in [0.3, 0.4) is 0 Å². The van der Waals surface area contributed by atoms with Gasteiger partial charge >= 0.3 is 0 Å². The molecule has 17 heavy (non-hydrogen) atoms. The Labute approximate surface area is 102 Å². The maximum Gasteiger partial charge on any atom is 0.239 e. The normalized spacial score (nSPS) is 25.9. The van der Waals surface area contributed by atoms with E-state index in [1.54, 1.807) is 6.92 Å². The van der Waals surface area contributed by atoms with Crippen molar-refractivity contribution < 1.29 is 9.59 Å². The van der Waals surface area contributed by atoms with Crippen LogP contribution in [-0.4, -0.2) is 48.4 Å². The van der Waals surface area contributed by atoms with Crippen LogP contribution in [-0.2, 0) is 9.59 Å². The topological polar surface area (TPSA) is 61.4 Å². The van der Waals surface area contributed by atoms with Crippen LogP contribution >= 0.6 is 0 Å². The molecular formula is C12H21N3O2. The third-order valence-electron chi connectivity index (χ3n) is 3.57. The molecule has 5 nitrogen and oxygen atoms in total. The molecule has 0 saturated carbocycles. The SMILES string of the molecule is CC(=O)NC1CCN(C(=O)[C@H]2CCCN2)CC1. The average Bonchev–Trinajstić information content (AvgIpc) is 2.82. The number of carbonyl (C=O) groups is 2. The van der Waals surface area contributed by atoms with E-state index in [4.69, 9.17) is 0 Å². The van der Waals surface area contributed by atoms with Gasteiger partial charge in [-0.3, -0.25) is 9.59 Å². The molecule has 0 aromatic carbocycles.